The molecule has 0 aliphatic rings. The molecule has 17 heavy (non-hydrogen) atoms. The normalized spacial score (nSPS) is 9.94. The molecule has 6 heteroatoms. The summed E-state index contributed by atoms with van der Waals surface area (Å²) in [5.74, 6) is 0.877. The van der Waals surface area contributed by atoms with Crippen LogP contribution < -0.4 is 10.5 Å². The number of nitrogens with zero attached hydrogens (tertiary/aromatic N) is 4. The van der Waals surface area contributed by atoms with Gasteiger partial charge in [-0.3, -0.25) is 0 Å². The van der Waals surface area contributed by atoms with E-state index in [0.717, 1.165) is 5.69 Å². The molecule has 0 fully saturated rings. The van der Waals surface area contributed by atoms with Gasteiger partial charge in [0, 0.05) is 19.2 Å². The standard InChI is InChI=1S/C11H11N5O/c1-7-5-11(16(2)15-7)17-10-4-3-8(13)9(6-12)14-10/h3-5H,13H2,1-2H3. The first-order valence-corrected chi connectivity index (χ1v) is 4.95. The van der Waals surface area contributed by atoms with E-state index in [4.69, 9.17) is 15.7 Å². The highest BCUT2D eigenvalue weighted by atomic mass is 16.5. The molecule has 0 aliphatic heterocycles. The lowest BCUT2D eigenvalue weighted by Crippen LogP contribution is -1.99. The number of ether oxygens (including phenoxy) is 1. The van der Waals surface area contributed by atoms with Crippen molar-refractivity contribution in [1.82, 2.24) is 14.8 Å². The van der Waals surface area contributed by atoms with Crippen molar-refractivity contribution in [3.63, 3.8) is 0 Å². The smallest absolute Gasteiger partial charge is 0.222 e. The highest BCUT2D eigenvalue weighted by molar-refractivity contribution is 5.51. The van der Waals surface area contributed by atoms with Gasteiger partial charge in [0.05, 0.1) is 11.4 Å². The third-order valence-electron chi connectivity index (χ3n) is 2.17. The third-order valence-corrected chi connectivity index (χ3v) is 2.17. The zero-order valence-corrected chi connectivity index (χ0v) is 9.51. The van der Waals surface area contributed by atoms with Gasteiger partial charge in [0.15, 0.2) is 5.69 Å². The fraction of sp³-hybridized carbons (Fsp3) is 0.182. The summed E-state index contributed by atoms with van der Waals surface area (Å²) in [4.78, 5) is 3.99. The fourth-order valence-electron chi connectivity index (χ4n) is 1.39. The zero-order valence-electron chi connectivity index (χ0n) is 9.51. The van der Waals surface area contributed by atoms with E-state index < -0.39 is 0 Å². The van der Waals surface area contributed by atoms with Crippen LogP contribution in [0.3, 0.4) is 0 Å². The second-order valence-corrected chi connectivity index (χ2v) is 3.55. The Balaban J connectivity index is 2.31. The molecule has 2 aromatic heterocycles. The Bertz CT molecular complexity index is 596. The maximum absolute atomic E-state index is 8.80. The van der Waals surface area contributed by atoms with Gasteiger partial charge in [-0.15, -0.1) is 0 Å². The molecule has 0 aliphatic carbocycles. The van der Waals surface area contributed by atoms with Gasteiger partial charge >= 0.3 is 0 Å². The van der Waals surface area contributed by atoms with Gasteiger partial charge < -0.3 is 10.5 Å². The molecule has 2 N–H and O–H groups in total. The number of nitrogens with two attached hydrogens (primary N) is 1. The van der Waals surface area contributed by atoms with Gasteiger partial charge in [-0.1, -0.05) is 0 Å². The summed E-state index contributed by atoms with van der Waals surface area (Å²) in [7, 11) is 1.77. The lowest BCUT2D eigenvalue weighted by molar-refractivity contribution is 0.415. The van der Waals surface area contributed by atoms with Crippen LogP contribution in [0.1, 0.15) is 11.4 Å². The number of pyridine rings is 1. The third kappa shape index (κ3) is 2.18. The van der Waals surface area contributed by atoms with Gasteiger partial charge in [0.1, 0.15) is 6.07 Å². The second-order valence-electron chi connectivity index (χ2n) is 3.55. The first-order valence-electron chi connectivity index (χ1n) is 4.95. The van der Waals surface area contributed by atoms with Gasteiger partial charge in [-0.25, -0.2) is 4.68 Å². The zero-order chi connectivity index (χ0) is 12.4. The van der Waals surface area contributed by atoms with Crippen molar-refractivity contribution in [1.29, 1.82) is 5.26 Å². The predicted molar refractivity (Wildman–Crippen MR) is 61.4 cm³/mol. The number of rotatable bonds is 2. The molecule has 2 aromatic rings. The number of aryl methyl sites for hydroxylation is 2. The maximum atomic E-state index is 8.80. The van der Waals surface area contributed by atoms with Gasteiger partial charge in [0.2, 0.25) is 11.8 Å². The van der Waals surface area contributed by atoms with E-state index in [0.29, 0.717) is 17.4 Å². The van der Waals surface area contributed by atoms with Crippen molar-refractivity contribution in [2.24, 2.45) is 7.05 Å². The number of nitrogen functional groups attached to an aromatic ring is 1. The second kappa shape index (κ2) is 4.14. The molecule has 0 radical (unpaired) electrons. The summed E-state index contributed by atoms with van der Waals surface area (Å²) < 4.78 is 7.11. The molecule has 0 saturated carbocycles. The minimum Gasteiger partial charge on any atom is -0.421 e. The maximum Gasteiger partial charge on any atom is 0.222 e. The van der Waals surface area contributed by atoms with Crippen LogP contribution in [0.15, 0.2) is 18.2 Å². The van der Waals surface area contributed by atoms with Gasteiger partial charge in [0.25, 0.3) is 0 Å². The lowest BCUT2D eigenvalue weighted by Gasteiger charge is -2.05. The molecular weight excluding hydrogens is 218 g/mol. The SMILES string of the molecule is Cc1cc(Oc2ccc(N)c(C#N)n2)n(C)n1. The monoisotopic (exact) mass is 229 g/mol. The minimum absolute atomic E-state index is 0.154. The molecule has 86 valence electrons. The van der Waals surface area contributed by atoms with Crippen LogP contribution in [0, 0.1) is 18.3 Å². The topological polar surface area (TPSA) is 89.8 Å². The summed E-state index contributed by atoms with van der Waals surface area (Å²) in [5, 5.41) is 12.9. The number of hydrogen-bond donors (Lipinski definition) is 1. The minimum atomic E-state index is 0.154. The average Bonchev–Trinajstić information content (AvgIpc) is 2.60. The molecule has 0 bridgehead atoms. The number of anilines is 1. The lowest BCUT2D eigenvalue weighted by atomic mass is 10.3. The van der Waals surface area contributed by atoms with E-state index in [1.165, 1.54) is 0 Å². The van der Waals surface area contributed by atoms with Crippen LogP contribution >= 0.6 is 0 Å². The van der Waals surface area contributed by atoms with Gasteiger partial charge in [-0.05, 0) is 13.0 Å². The van der Waals surface area contributed by atoms with Crippen LogP contribution in [-0.4, -0.2) is 14.8 Å². The van der Waals surface area contributed by atoms with Crippen LogP contribution in [0.25, 0.3) is 0 Å². The first kappa shape index (κ1) is 11.0. The molecule has 0 aromatic carbocycles. The molecule has 0 spiro atoms. The largest absolute Gasteiger partial charge is 0.421 e. The Hall–Kier alpha value is -2.55. The van der Waals surface area contributed by atoms with Crippen molar-refractivity contribution < 1.29 is 4.74 Å². The predicted octanol–water partition coefficient (Wildman–Crippen LogP) is 1.37. The Morgan fingerprint density at radius 3 is 2.82 bits per heavy atom. The Morgan fingerprint density at radius 2 is 2.24 bits per heavy atom. The number of aromatic nitrogens is 3. The summed E-state index contributed by atoms with van der Waals surface area (Å²) in [6.45, 7) is 1.87. The molecule has 6 nitrogen and oxygen atoms in total. The van der Waals surface area contributed by atoms with Gasteiger partial charge in [-0.2, -0.15) is 15.3 Å². The van der Waals surface area contributed by atoms with E-state index in [1.807, 2.05) is 13.0 Å². The van der Waals surface area contributed by atoms with Crippen LogP contribution in [0.2, 0.25) is 0 Å². The highest BCUT2D eigenvalue weighted by Crippen LogP contribution is 2.21. The number of hydrogen-bond acceptors (Lipinski definition) is 5. The van der Waals surface area contributed by atoms with Crippen LogP contribution in [-0.2, 0) is 7.05 Å². The quantitative estimate of drug-likeness (QED) is 0.839. The van der Waals surface area contributed by atoms with Crippen molar-refractivity contribution in [3.05, 3.63) is 29.6 Å². The van der Waals surface area contributed by atoms with E-state index >= 15 is 0 Å². The first-order chi connectivity index (χ1) is 8.10. The summed E-state index contributed by atoms with van der Waals surface area (Å²) >= 11 is 0. The molecule has 0 amide bonds. The van der Waals surface area contributed by atoms with Crippen molar-refractivity contribution in [2.75, 3.05) is 5.73 Å². The van der Waals surface area contributed by atoms with Crippen LogP contribution in [0.4, 0.5) is 5.69 Å². The van der Waals surface area contributed by atoms with E-state index in [1.54, 1.807) is 29.9 Å². The van der Waals surface area contributed by atoms with Crippen molar-refractivity contribution in [3.8, 4) is 17.8 Å². The Labute approximate surface area is 98.3 Å². The molecule has 0 atom stereocenters. The fourth-order valence-corrected chi connectivity index (χ4v) is 1.39. The van der Waals surface area contributed by atoms with E-state index in [9.17, 15) is 0 Å². The summed E-state index contributed by atoms with van der Waals surface area (Å²) in [5.41, 5.74) is 6.90. The summed E-state index contributed by atoms with van der Waals surface area (Å²) in [6.07, 6.45) is 0. The Kier molecular flexibility index (Phi) is 2.66. The van der Waals surface area contributed by atoms with E-state index in [2.05, 4.69) is 10.1 Å². The molecule has 0 unspecified atom stereocenters. The molecule has 2 rings (SSSR count). The average molecular weight is 229 g/mol. The number of nitriles is 1. The van der Waals surface area contributed by atoms with E-state index in [-0.39, 0.29) is 5.69 Å². The van der Waals surface area contributed by atoms with Crippen molar-refractivity contribution >= 4 is 5.69 Å². The molecule has 2 heterocycles. The Morgan fingerprint density at radius 1 is 1.47 bits per heavy atom. The molecule has 0 saturated heterocycles. The van der Waals surface area contributed by atoms with Crippen molar-refractivity contribution in [2.45, 2.75) is 6.92 Å². The molecular formula is C11H11N5O. The van der Waals surface area contributed by atoms with Crippen LogP contribution in [0.5, 0.6) is 11.8 Å². The highest BCUT2D eigenvalue weighted by Gasteiger charge is 2.07. The summed E-state index contributed by atoms with van der Waals surface area (Å²) in [6, 6.07) is 6.88.